The molecule has 304 valence electrons. The van der Waals surface area contributed by atoms with Crippen molar-refractivity contribution in [2.24, 2.45) is 11.7 Å². The standard InChI is InChI=1S/C43H52N10O5/c1-50-19-20-53(43(50)57)32-3-2-16-52(25-32)36-23-45-39(40(44)55)41(47-36)46-31-9-6-27(7-10-31)28-14-17-51(18-15-28)24-26-4-5-29(21-26)30-8-11-33-35(22-30)58-49-38(33)34-12-13-37(54)48-42(34)56/h6-11,22-23,26,28-29,32,34H,2-5,12-21,24-25H2,1H3,(H2,44,55)(H,46,47)(H,48,54,56)/t26-,29?,32+,34?/m0/s1. The number of primary amides is 1. The van der Waals surface area contributed by atoms with Gasteiger partial charge in [-0.1, -0.05) is 23.4 Å². The predicted octanol–water partition coefficient (Wildman–Crippen LogP) is 5.08. The third-order valence-electron chi connectivity index (χ3n) is 13.3. The first-order valence-corrected chi connectivity index (χ1v) is 20.9. The third kappa shape index (κ3) is 7.71. The van der Waals surface area contributed by atoms with E-state index in [1.54, 1.807) is 11.1 Å². The van der Waals surface area contributed by atoms with Crippen LogP contribution in [0.15, 0.2) is 53.2 Å². The number of amides is 5. The molecule has 5 amide bonds. The number of piperidine rings is 3. The molecule has 6 heterocycles. The van der Waals surface area contributed by atoms with Crippen molar-refractivity contribution in [2.45, 2.75) is 81.6 Å². The molecule has 0 spiro atoms. The van der Waals surface area contributed by atoms with Crippen molar-refractivity contribution in [3.05, 3.63) is 71.2 Å². The summed E-state index contributed by atoms with van der Waals surface area (Å²) in [5, 5.41) is 10.9. The van der Waals surface area contributed by atoms with Crippen LogP contribution < -0.4 is 21.3 Å². The highest BCUT2D eigenvalue weighted by atomic mass is 16.5. The Morgan fingerprint density at radius 3 is 2.50 bits per heavy atom. The molecule has 4 atom stereocenters. The quantitative estimate of drug-likeness (QED) is 0.182. The Bertz CT molecular complexity index is 2200. The van der Waals surface area contributed by atoms with Crippen molar-refractivity contribution < 1.29 is 23.7 Å². The van der Waals surface area contributed by atoms with Gasteiger partial charge in [0.2, 0.25) is 11.8 Å². The molecule has 1 saturated carbocycles. The number of hydrogen-bond acceptors (Lipinski definition) is 11. The molecule has 15 heteroatoms. The van der Waals surface area contributed by atoms with Crippen molar-refractivity contribution in [1.29, 1.82) is 0 Å². The lowest BCUT2D eigenvalue weighted by Crippen LogP contribution is -2.49. The van der Waals surface area contributed by atoms with Crippen LogP contribution in [0.4, 0.5) is 22.1 Å². The molecule has 15 nitrogen and oxygen atoms in total. The van der Waals surface area contributed by atoms with Crippen LogP contribution in [0.5, 0.6) is 0 Å². The SMILES string of the molecule is CN1CCN([C@@H]2CCCN(c3cnc(C(N)=O)c(Nc4ccc(C5CCN(C[C@H]6CCC(c7ccc8c(C9CCC(=O)NC9=O)noc8c7)C6)CC5)cc4)n3)C2)C1=O. The average Bonchev–Trinajstić information content (AvgIpc) is 3.97. The van der Waals surface area contributed by atoms with Crippen molar-refractivity contribution >= 4 is 52.0 Å². The van der Waals surface area contributed by atoms with Gasteiger partial charge in [0.1, 0.15) is 11.5 Å². The van der Waals surface area contributed by atoms with E-state index in [-0.39, 0.29) is 29.6 Å². The highest BCUT2D eigenvalue weighted by Crippen LogP contribution is 2.41. The number of hydrogen-bond donors (Lipinski definition) is 3. The number of nitrogens with zero attached hydrogens (tertiary/aromatic N) is 7. The molecular formula is C43H52N10O5. The molecule has 0 radical (unpaired) electrons. The molecule has 4 N–H and O–H groups in total. The number of benzene rings is 2. The maximum atomic E-state index is 12.7. The zero-order valence-corrected chi connectivity index (χ0v) is 33.1. The second-order valence-corrected chi connectivity index (χ2v) is 17.0. The summed E-state index contributed by atoms with van der Waals surface area (Å²) in [6, 6.07) is 14.9. The second kappa shape index (κ2) is 16.0. The van der Waals surface area contributed by atoms with E-state index in [0.29, 0.717) is 60.1 Å². The number of imide groups is 1. The minimum Gasteiger partial charge on any atom is -0.364 e. The smallest absolute Gasteiger partial charge is 0.320 e. The molecule has 2 unspecified atom stereocenters. The van der Waals surface area contributed by atoms with E-state index in [1.807, 2.05) is 30.1 Å². The zero-order valence-electron chi connectivity index (χ0n) is 33.1. The van der Waals surface area contributed by atoms with Crippen LogP contribution >= 0.6 is 0 Å². The largest absolute Gasteiger partial charge is 0.364 e. The summed E-state index contributed by atoms with van der Waals surface area (Å²) in [5.41, 5.74) is 10.5. The van der Waals surface area contributed by atoms with Gasteiger partial charge in [-0.3, -0.25) is 19.7 Å². The Labute approximate surface area is 337 Å². The summed E-state index contributed by atoms with van der Waals surface area (Å²) < 4.78 is 5.70. The van der Waals surface area contributed by atoms with Gasteiger partial charge in [-0.2, -0.15) is 0 Å². The molecule has 58 heavy (non-hydrogen) atoms. The highest BCUT2D eigenvalue weighted by molar-refractivity contribution is 6.02. The Hall–Kier alpha value is -5.57. The number of rotatable bonds is 10. The van der Waals surface area contributed by atoms with Gasteiger partial charge in [-0.15, -0.1) is 0 Å². The summed E-state index contributed by atoms with van der Waals surface area (Å²) in [6.07, 6.45) is 9.97. The van der Waals surface area contributed by atoms with Crippen LogP contribution in [-0.4, -0.2) is 112 Å². The number of urea groups is 1. The molecular weight excluding hydrogens is 737 g/mol. The lowest BCUT2D eigenvalue weighted by molar-refractivity contribution is -0.134. The van der Waals surface area contributed by atoms with Gasteiger partial charge in [-0.05, 0) is 118 Å². The monoisotopic (exact) mass is 788 g/mol. The predicted molar refractivity (Wildman–Crippen MR) is 218 cm³/mol. The first kappa shape index (κ1) is 38.0. The Kier molecular flexibility index (Phi) is 10.5. The van der Waals surface area contributed by atoms with E-state index in [2.05, 4.69) is 54.8 Å². The van der Waals surface area contributed by atoms with Crippen LogP contribution in [0.2, 0.25) is 0 Å². The number of carbonyl (C=O) groups is 4. The molecule has 1 aliphatic carbocycles. The number of nitrogens with two attached hydrogens (primary N) is 1. The van der Waals surface area contributed by atoms with Crippen LogP contribution in [0.25, 0.3) is 11.0 Å². The fraction of sp³-hybridized carbons (Fsp3) is 0.512. The molecule has 5 fully saturated rings. The second-order valence-electron chi connectivity index (χ2n) is 17.0. The van der Waals surface area contributed by atoms with E-state index >= 15 is 0 Å². The van der Waals surface area contributed by atoms with Crippen molar-refractivity contribution in [3.8, 4) is 0 Å². The number of anilines is 3. The van der Waals surface area contributed by atoms with E-state index < -0.39 is 11.8 Å². The van der Waals surface area contributed by atoms with Crippen molar-refractivity contribution in [2.75, 3.05) is 63.1 Å². The molecule has 0 bridgehead atoms. The Balaban J connectivity index is 0.772. The number of likely N-dealkylation sites (tertiary alicyclic amines) is 1. The Morgan fingerprint density at radius 1 is 0.931 bits per heavy atom. The fourth-order valence-corrected chi connectivity index (χ4v) is 9.99. The average molecular weight is 789 g/mol. The summed E-state index contributed by atoms with van der Waals surface area (Å²) in [4.78, 5) is 66.9. The summed E-state index contributed by atoms with van der Waals surface area (Å²) in [6.45, 7) is 6.19. The first-order valence-electron chi connectivity index (χ1n) is 20.9. The number of aromatic nitrogens is 3. The maximum Gasteiger partial charge on any atom is 0.320 e. The van der Waals surface area contributed by atoms with Crippen LogP contribution in [0.1, 0.15) is 103 Å². The lowest BCUT2D eigenvalue weighted by Gasteiger charge is -2.37. The summed E-state index contributed by atoms with van der Waals surface area (Å²) in [5.74, 6) is 0.963. The third-order valence-corrected chi connectivity index (χ3v) is 13.3. The fourth-order valence-electron chi connectivity index (χ4n) is 9.99. The summed E-state index contributed by atoms with van der Waals surface area (Å²) in [7, 11) is 1.84. The molecule has 9 rings (SSSR count). The number of likely N-dealkylation sites (N-methyl/N-ethyl adjacent to an activating group) is 1. The highest BCUT2D eigenvalue weighted by Gasteiger charge is 2.36. The molecule has 4 aliphatic heterocycles. The Morgan fingerprint density at radius 2 is 1.74 bits per heavy atom. The van der Waals surface area contributed by atoms with Gasteiger partial charge in [0, 0.05) is 57.3 Å². The molecule has 5 aliphatic rings. The van der Waals surface area contributed by atoms with E-state index in [9.17, 15) is 19.2 Å². The molecule has 2 aromatic carbocycles. The van der Waals surface area contributed by atoms with Gasteiger partial charge in [0.05, 0.1) is 18.2 Å². The van der Waals surface area contributed by atoms with Gasteiger partial charge in [-0.25, -0.2) is 14.8 Å². The first-order chi connectivity index (χ1) is 28.2. The van der Waals surface area contributed by atoms with Crippen LogP contribution in [-0.2, 0) is 9.59 Å². The van der Waals surface area contributed by atoms with E-state index in [4.69, 9.17) is 15.2 Å². The molecule has 4 aromatic rings. The summed E-state index contributed by atoms with van der Waals surface area (Å²) >= 11 is 0. The number of fused-ring (bicyclic) bond motifs is 1. The normalized spacial score (nSPS) is 24.8. The van der Waals surface area contributed by atoms with Gasteiger partial charge < -0.3 is 35.2 Å². The van der Waals surface area contributed by atoms with E-state index in [1.165, 1.54) is 17.5 Å². The van der Waals surface area contributed by atoms with Crippen molar-refractivity contribution in [1.82, 2.24) is 35.1 Å². The van der Waals surface area contributed by atoms with Gasteiger partial charge in [0.15, 0.2) is 17.1 Å². The molecule has 2 aromatic heterocycles. The van der Waals surface area contributed by atoms with Gasteiger partial charge in [0.25, 0.3) is 5.91 Å². The van der Waals surface area contributed by atoms with Crippen LogP contribution in [0.3, 0.4) is 0 Å². The minimum atomic E-state index is -0.643. The van der Waals surface area contributed by atoms with Crippen molar-refractivity contribution in [3.63, 3.8) is 0 Å². The van der Waals surface area contributed by atoms with E-state index in [0.717, 1.165) is 88.9 Å². The number of carbonyl (C=O) groups excluding carboxylic acids is 4. The van der Waals surface area contributed by atoms with Crippen LogP contribution in [0, 0.1) is 5.92 Å². The molecule has 4 saturated heterocycles. The topological polar surface area (TPSA) is 183 Å². The maximum absolute atomic E-state index is 12.7. The lowest BCUT2D eigenvalue weighted by atomic mass is 9.88. The zero-order chi connectivity index (χ0) is 39.9. The minimum absolute atomic E-state index is 0.0718. The number of nitrogens with one attached hydrogen (secondary N) is 2. The van der Waals surface area contributed by atoms with Gasteiger partial charge >= 0.3 is 6.03 Å².